The van der Waals surface area contributed by atoms with E-state index in [0.29, 0.717) is 34.1 Å². The van der Waals surface area contributed by atoms with E-state index in [9.17, 15) is 0 Å². The molecule has 0 bridgehead atoms. The van der Waals surface area contributed by atoms with Crippen LogP contribution >= 0.6 is 34.5 Å². The van der Waals surface area contributed by atoms with Crippen LogP contribution in [0, 0.1) is 0 Å². The van der Waals surface area contributed by atoms with Gasteiger partial charge < -0.3 is 5.32 Å². The lowest BCUT2D eigenvalue weighted by atomic mass is 10.2. The number of aromatic nitrogens is 6. The van der Waals surface area contributed by atoms with E-state index in [2.05, 4.69) is 25.7 Å². The summed E-state index contributed by atoms with van der Waals surface area (Å²) in [5, 5.41) is 22.9. The van der Waals surface area contributed by atoms with Gasteiger partial charge in [0.2, 0.25) is 5.13 Å². The first kappa shape index (κ1) is 18.0. The van der Waals surface area contributed by atoms with E-state index in [-0.39, 0.29) is 0 Å². The van der Waals surface area contributed by atoms with E-state index >= 15 is 0 Å². The van der Waals surface area contributed by atoms with Gasteiger partial charge in [-0.2, -0.15) is 10.2 Å². The number of aryl methyl sites for hydroxylation is 1. The summed E-state index contributed by atoms with van der Waals surface area (Å²) in [6.07, 6.45) is 3.50. The summed E-state index contributed by atoms with van der Waals surface area (Å²) in [4.78, 5) is 0. The van der Waals surface area contributed by atoms with Gasteiger partial charge in [-0.1, -0.05) is 52.7 Å². The molecule has 7 nitrogen and oxygen atoms in total. The second kappa shape index (κ2) is 7.67. The normalized spacial score (nSPS) is 11.1. The van der Waals surface area contributed by atoms with Crippen molar-refractivity contribution in [1.82, 2.24) is 29.8 Å². The van der Waals surface area contributed by atoms with Crippen molar-refractivity contribution in [2.45, 2.75) is 20.0 Å². The number of nitrogens with one attached hydrogen (secondary N) is 1. The van der Waals surface area contributed by atoms with Crippen LogP contribution in [-0.4, -0.2) is 29.8 Å². The second-order valence-electron chi connectivity index (χ2n) is 5.68. The topological polar surface area (TPSA) is 73.5 Å². The highest BCUT2D eigenvalue weighted by Crippen LogP contribution is 2.32. The molecule has 0 aliphatic carbocycles. The number of anilines is 2. The fourth-order valence-electron chi connectivity index (χ4n) is 2.61. The largest absolute Gasteiger partial charge is 0.313 e. The maximum atomic E-state index is 6.23. The number of nitrogens with zero attached hydrogens (tertiary/aromatic N) is 6. The Hall–Kier alpha value is -2.42. The van der Waals surface area contributed by atoms with Crippen molar-refractivity contribution in [2.24, 2.45) is 0 Å². The van der Waals surface area contributed by atoms with Crippen molar-refractivity contribution in [3.05, 3.63) is 58.3 Å². The van der Waals surface area contributed by atoms with Crippen LogP contribution in [-0.2, 0) is 13.1 Å². The number of hydrogen-bond donors (Lipinski definition) is 1. The Balaban J connectivity index is 1.49. The summed E-state index contributed by atoms with van der Waals surface area (Å²) in [7, 11) is 0. The molecule has 0 fully saturated rings. The smallest absolute Gasteiger partial charge is 0.211 e. The molecule has 0 radical (unpaired) electrons. The summed E-state index contributed by atoms with van der Waals surface area (Å²) in [6, 6.07) is 9.59. The standard InChI is InChI=1S/C17H15Cl2N7S/c1-2-26-15(13(19)9-20-26)16-22-23-17(27-16)21-14-7-8-25(24-14)10-11-5-3-4-6-12(11)18/h3-9H,2,10H2,1H3,(H,21,23,24). The molecule has 0 amide bonds. The number of rotatable bonds is 6. The van der Waals surface area contributed by atoms with Crippen molar-refractivity contribution in [3.63, 3.8) is 0 Å². The molecular weight excluding hydrogens is 405 g/mol. The zero-order chi connectivity index (χ0) is 18.8. The average molecular weight is 420 g/mol. The molecule has 0 saturated heterocycles. The molecule has 0 spiro atoms. The van der Waals surface area contributed by atoms with E-state index in [1.54, 1.807) is 10.9 Å². The van der Waals surface area contributed by atoms with Crippen LogP contribution < -0.4 is 5.32 Å². The molecule has 3 aromatic heterocycles. The van der Waals surface area contributed by atoms with Crippen molar-refractivity contribution >= 4 is 45.5 Å². The third-order valence-electron chi connectivity index (χ3n) is 3.89. The zero-order valence-corrected chi connectivity index (χ0v) is 16.6. The van der Waals surface area contributed by atoms with Gasteiger partial charge in [0.25, 0.3) is 0 Å². The molecule has 27 heavy (non-hydrogen) atoms. The molecule has 0 atom stereocenters. The minimum Gasteiger partial charge on any atom is -0.313 e. The highest BCUT2D eigenvalue weighted by atomic mass is 35.5. The second-order valence-corrected chi connectivity index (χ2v) is 7.48. The van der Waals surface area contributed by atoms with Crippen molar-refractivity contribution in [3.8, 4) is 10.7 Å². The Kier molecular flexibility index (Phi) is 5.11. The van der Waals surface area contributed by atoms with Crippen LogP contribution in [0.15, 0.2) is 42.7 Å². The van der Waals surface area contributed by atoms with Crippen LogP contribution in [0.2, 0.25) is 10.0 Å². The molecule has 0 saturated carbocycles. The van der Waals surface area contributed by atoms with Gasteiger partial charge in [-0.15, -0.1) is 10.2 Å². The minimum absolute atomic E-state index is 0.559. The van der Waals surface area contributed by atoms with E-state index in [1.165, 1.54) is 11.3 Å². The average Bonchev–Trinajstić information content (AvgIpc) is 3.38. The van der Waals surface area contributed by atoms with Crippen LogP contribution in [0.3, 0.4) is 0 Å². The summed E-state index contributed by atoms with van der Waals surface area (Å²) in [6.45, 7) is 3.30. The lowest BCUT2D eigenvalue weighted by Gasteiger charge is -2.04. The van der Waals surface area contributed by atoms with E-state index in [1.807, 2.05) is 48.1 Å². The molecule has 10 heteroatoms. The van der Waals surface area contributed by atoms with E-state index in [0.717, 1.165) is 16.3 Å². The van der Waals surface area contributed by atoms with Crippen LogP contribution in [0.4, 0.5) is 10.9 Å². The molecule has 4 rings (SSSR count). The van der Waals surface area contributed by atoms with Gasteiger partial charge >= 0.3 is 0 Å². The molecule has 0 aliphatic rings. The maximum absolute atomic E-state index is 6.23. The van der Waals surface area contributed by atoms with Crippen LogP contribution in [0.25, 0.3) is 10.7 Å². The molecule has 0 aliphatic heterocycles. The molecule has 1 N–H and O–H groups in total. The third-order valence-corrected chi connectivity index (χ3v) is 5.38. The highest BCUT2D eigenvalue weighted by Gasteiger charge is 2.16. The summed E-state index contributed by atoms with van der Waals surface area (Å²) in [5.74, 6) is 0.680. The van der Waals surface area contributed by atoms with Gasteiger partial charge in [-0.3, -0.25) is 9.36 Å². The lowest BCUT2D eigenvalue weighted by molar-refractivity contribution is 0.666. The fourth-order valence-corrected chi connectivity index (χ4v) is 3.91. The van der Waals surface area contributed by atoms with Gasteiger partial charge in [0.05, 0.1) is 17.8 Å². The lowest BCUT2D eigenvalue weighted by Crippen LogP contribution is -2.01. The summed E-state index contributed by atoms with van der Waals surface area (Å²) in [5.41, 5.74) is 1.78. The van der Waals surface area contributed by atoms with E-state index in [4.69, 9.17) is 23.2 Å². The zero-order valence-electron chi connectivity index (χ0n) is 14.3. The Bertz CT molecular complexity index is 1070. The summed E-state index contributed by atoms with van der Waals surface area (Å²) < 4.78 is 3.61. The fraction of sp³-hybridized carbons (Fsp3) is 0.176. The first-order valence-corrected chi connectivity index (χ1v) is 9.80. The Morgan fingerprint density at radius 2 is 1.96 bits per heavy atom. The van der Waals surface area contributed by atoms with Gasteiger partial charge in [0.15, 0.2) is 10.8 Å². The SMILES string of the molecule is CCn1ncc(Cl)c1-c1nnc(Nc2ccn(Cc3ccccc3Cl)n2)s1. The van der Waals surface area contributed by atoms with Gasteiger partial charge in [-0.25, -0.2) is 0 Å². The molecular formula is C17H15Cl2N7S. The minimum atomic E-state index is 0.559. The molecule has 138 valence electrons. The van der Waals surface area contributed by atoms with E-state index < -0.39 is 0 Å². The third kappa shape index (κ3) is 3.83. The van der Waals surface area contributed by atoms with Crippen LogP contribution in [0.5, 0.6) is 0 Å². The molecule has 3 heterocycles. The van der Waals surface area contributed by atoms with Crippen molar-refractivity contribution < 1.29 is 0 Å². The van der Waals surface area contributed by atoms with Gasteiger partial charge in [0, 0.05) is 23.8 Å². The Morgan fingerprint density at radius 3 is 2.78 bits per heavy atom. The number of halogens is 2. The van der Waals surface area contributed by atoms with Crippen molar-refractivity contribution in [2.75, 3.05) is 5.32 Å². The number of benzene rings is 1. The molecule has 1 aromatic carbocycles. The highest BCUT2D eigenvalue weighted by molar-refractivity contribution is 7.18. The maximum Gasteiger partial charge on any atom is 0.211 e. The van der Waals surface area contributed by atoms with Crippen molar-refractivity contribution in [1.29, 1.82) is 0 Å². The number of hydrogen-bond acceptors (Lipinski definition) is 6. The monoisotopic (exact) mass is 419 g/mol. The Labute approximate surface area is 169 Å². The predicted molar refractivity (Wildman–Crippen MR) is 108 cm³/mol. The molecule has 0 unspecified atom stereocenters. The first-order valence-electron chi connectivity index (χ1n) is 8.23. The first-order chi connectivity index (χ1) is 13.1. The van der Waals surface area contributed by atoms with Gasteiger partial charge in [-0.05, 0) is 18.6 Å². The van der Waals surface area contributed by atoms with Crippen LogP contribution in [0.1, 0.15) is 12.5 Å². The predicted octanol–water partition coefficient (Wildman–Crippen LogP) is 4.72. The van der Waals surface area contributed by atoms with Gasteiger partial charge in [0.1, 0.15) is 5.69 Å². The molecule has 4 aromatic rings. The summed E-state index contributed by atoms with van der Waals surface area (Å²) >= 11 is 13.8. The Morgan fingerprint density at radius 1 is 1.11 bits per heavy atom. The quantitative estimate of drug-likeness (QED) is 0.489.